The van der Waals surface area contributed by atoms with Gasteiger partial charge in [0, 0.05) is 12.8 Å². The van der Waals surface area contributed by atoms with Crippen LogP contribution >= 0.6 is 7.82 Å². The van der Waals surface area contributed by atoms with Gasteiger partial charge in [-0.05, 0) is 96.0 Å². The summed E-state index contributed by atoms with van der Waals surface area (Å²) in [5.41, 5.74) is 0. The maximum absolute atomic E-state index is 13.5. The number of hydrogen-bond acceptors (Lipinski definition) is 7. The Hall–Kier alpha value is -2.55. The first-order valence-corrected chi connectivity index (χ1v) is 34.2. The maximum atomic E-state index is 13.5. The van der Waals surface area contributed by atoms with Crippen molar-refractivity contribution in [3.8, 4) is 0 Å². The average molecular weight is 1110 g/mol. The number of rotatable bonds is 59. The van der Waals surface area contributed by atoms with Gasteiger partial charge in [-0.3, -0.25) is 14.2 Å². The van der Waals surface area contributed by atoms with Crippen molar-refractivity contribution in [3.05, 3.63) is 72.9 Å². The van der Waals surface area contributed by atoms with Gasteiger partial charge in [0.2, 0.25) is 5.91 Å². The summed E-state index contributed by atoms with van der Waals surface area (Å²) in [4.78, 5) is 40.1. The number of nitrogens with zero attached hydrogens (tertiary/aromatic N) is 1. The van der Waals surface area contributed by atoms with Crippen molar-refractivity contribution >= 4 is 19.7 Å². The SMILES string of the molecule is CC/C=C/C/C=C/C/C=C/CCCCCCCCC(=O)NC(COP(=O)([O-])OCC[N+](C)(C)C)C(/C=C\CCCCCCCCCCCCC)OC(=O)CCCCCCCCCCCCCCC/C=C\C/C=C\CCCCC. The number of ether oxygens (including phenoxy) is 1. The molecule has 9 nitrogen and oxygen atoms in total. The molecule has 0 aromatic carbocycles. The Kier molecular flexibility index (Phi) is 55.8. The second kappa shape index (κ2) is 57.7. The fourth-order valence-corrected chi connectivity index (χ4v) is 10.1. The largest absolute Gasteiger partial charge is 0.756 e. The number of phosphoric acid groups is 1. The number of amides is 1. The van der Waals surface area contributed by atoms with Crippen LogP contribution in [-0.4, -0.2) is 69.4 Å². The van der Waals surface area contributed by atoms with E-state index in [0.717, 1.165) is 109 Å². The number of allylic oxidation sites excluding steroid dienone is 11. The van der Waals surface area contributed by atoms with Gasteiger partial charge in [-0.1, -0.05) is 261 Å². The fourth-order valence-electron chi connectivity index (χ4n) is 9.33. The zero-order valence-electron chi connectivity index (χ0n) is 51.9. The molecule has 1 amide bonds. The van der Waals surface area contributed by atoms with Gasteiger partial charge in [0.15, 0.2) is 0 Å². The number of carbonyl (C=O) groups excluding carboxylic acids is 2. The van der Waals surface area contributed by atoms with Gasteiger partial charge in [0.1, 0.15) is 19.3 Å². The Labute approximate surface area is 483 Å². The Bertz CT molecular complexity index is 1570. The molecular formula is C68H125N2O7P. The van der Waals surface area contributed by atoms with Crippen molar-refractivity contribution in [1.82, 2.24) is 5.32 Å². The standard InChI is InChI=1S/C68H125N2O7P/c1-7-10-13-16-19-22-25-28-30-32-33-34-35-36-37-38-40-43-46-49-52-55-58-61-68(72)77-66(59-56-53-50-47-44-41-27-24-21-18-15-12-9-3)65(64-76-78(73,74)75-63-62-70(4,5)6)69-67(71)60-57-54-51-48-45-42-39-31-29-26-23-20-17-14-11-8-2/h11,14,19-20,22-23,28-31,56,59,65-66H,7-10,12-13,15-18,21,24-27,32-55,57-58,60-64H2,1-6H3,(H-,69,71,73,74)/b14-11+,22-19-,23-20+,30-28-,31-29+,59-56-. The molecule has 0 aliphatic rings. The summed E-state index contributed by atoms with van der Waals surface area (Å²) in [6.07, 6.45) is 74.4. The van der Waals surface area contributed by atoms with Crippen LogP contribution in [-0.2, 0) is 27.9 Å². The Morgan fingerprint density at radius 2 is 0.821 bits per heavy atom. The van der Waals surface area contributed by atoms with Crippen molar-refractivity contribution in [2.24, 2.45) is 0 Å². The minimum Gasteiger partial charge on any atom is -0.756 e. The Balaban J connectivity index is 5.19. The highest BCUT2D eigenvalue weighted by atomic mass is 31.2. The predicted molar refractivity (Wildman–Crippen MR) is 335 cm³/mol. The minimum absolute atomic E-state index is 0.0267. The van der Waals surface area contributed by atoms with Crippen LogP contribution in [0.4, 0.5) is 0 Å². The molecule has 3 unspecified atom stereocenters. The molecule has 0 saturated carbocycles. The van der Waals surface area contributed by atoms with Crippen molar-refractivity contribution < 1.29 is 37.3 Å². The molecule has 0 heterocycles. The third-order valence-corrected chi connectivity index (χ3v) is 15.3. The molecule has 0 aromatic rings. The second-order valence-corrected chi connectivity index (χ2v) is 24.6. The van der Waals surface area contributed by atoms with Crippen molar-refractivity contribution in [3.63, 3.8) is 0 Å². The number of quaternary nitrogens is 1. The van der Waals surface area contributed by atoms with Gasteiger partial charge in [-0.25, -0.2) is 0 Å². The summed E-state index contributed by atoms with van der Waals surface area (Å²) >= 11 is 0. The highest BCUT2D eigenvalue weighted by Gasteiger charge is 2.27. The summed E-state index contributed by atoms with van der Waals surface area (Å²) in [5, 5.41) is 3.03. The highest BCUT2D eigenvalue weighted by molar-refractivity contribution is 7.45. The van der Waals surface area contributed by atoms with Crippen LogP contribution < -0.4 is 10.2 Å². The number of esters is 1. The van der Waals surface area contributed by atoms with Crippen molar-refractivity contribution in [2.45, 2.75) is 309 Å². The number of likely N-dealkylation sites (N-methyl/N-ethyl adjacent to an activating group) is 1. The van der Waals surface area contributed by atoms with Gasteiger partial charge < -0.3 is 28.5 Å². The fraction of sp³-hybridized carbons (Fsp3) is 0.794. The van der Waals surface area contributed by atoms with E-state index in [9.17, 15) is 19.0 Å². The third kappa shape index (κ3) is 58.1. The molecule has 1 N–H and O–H groups in total. The lowest BCUT2D eigenvalue weighted by Crippen LogP contribution is -2.47. The summed E-state index contributed by atoms with van der Waals surface area (Å²) in [5.74, 6) is -0.551. The van der Waals surface area contributed by atoms with Crippen LogP contribution in [0.3, 0.4) is 0 Å². The van der Waals surface area contributed by atoms with E-state index in [1.165, 1.54) is 154 Å². The van der Waals surface area contributed by atoms with Gasteiger partial charge in [-0.2, -0.15) is 0 Å². The molecule has 10 heteroatoms. The summed E-state index contributed by atoms with van der Waals surface area (Å²) in [7, 11) is 1.17. The van der Waals surface area contributed by atoms with Crippen LogP contribution in [0.1, 0.15) is 297 Å². The molecule has 3 atom stereocenters. The first-order valence-electron chi connectivity index (χ1n) is 32.7. The number of unbranched alkanes of at least 4 members (excludes halogenated alkanes) is 33. The molecule has 0 saturated heterocycles. The molecule has 0 radical (unpaired) electrons. The van der Waals surface area contributed by atoms with Gasteiger partial charge in [-0.15, -0.1) is 0 Å². The van der Waals surface area contributed by atoms with Crippen molar-refractivity contribution in [1.29, 1.82) is 0 Å². The normalized spacial score (nSPS) is 14.1. The molecule has 454 valence electrons. The smallest absolute Gasteiger partial charge is 0.306 e. The first kappa shape index (κ1) is 75.5. The van der Waals surface area contributed by atoms with E-state index in [0.29, 0.717) is 17.4 Å². The van der Waals surface area contributed by atoms with Crippen LogP contribution in [0, 0.1) is 0 Å². The van der Waals surface area contributed by atoms with E-state index in [2.05, 4.69) is 86.8 Å². The summed E-state index contributed by atoms with van der Waals surface area (Å²) in [6.45, 7) is 6.72. The zero-order chi connectivity index (χ0) is 57.2. The number of nitrogens with one attached hydrogen (secondary N) is 1. The number of carbonyl (C=O) groups is 2. The molecule has 0 rings (SSSR count). The predicted octanol–water partition coefficient (Wildman–Crippen LogP) is 19.8. The average Bonchev–Trinajstić information content (AvgIpc) is 3.40. The zero-order valence-corrected chi connectivity index (χ0v) is 52.8. The third-order valence-electron chi connectivity index (χ3n) is 14.4. The molecule has 0 spiro atoms. The van der Waals surface area contributed by atoms with E-state index in [-0.39, 0.29) is 24.9 Å². The van der Waals surface area contributed by atoms with Crippen LogP contribution in [0.15, 0.2) is 72.9 Å². The van der Waals surface area contributed by atoms with E-state index in [1.54, 1.807) is 0 Å². The quantitative estimate of drug-likeness (QED) is 0.0212. The molecule has 0 bridgehead atoms. The monoisotopic (exact) mass is 1110 g/mol. The molecule has 0 fully saturated rings. The highest BCUT2D eigenvalue weighted by Crippen LogP contribution is 2.38. The van der Waals surface area contributed by atoms with Gasteiger partial charge in [0.25, 0.3) is 7.82 Å². The summed E-state index contributed by atoms with van der Waals surface area (Å²) < 4.78 is 30.4. The maximum Gasteiger partial charge on any atom is 0.306 e. The van der Waals surface area contributed by atoms with E-state index in [1.807, 2.05) is 33.3 Å². The molecular weight excluding hydrogens is 988 g/mol. The van der Waals surface area contributed by atoms with E-state index in [4.69, 9.17) is 13.8 Å². The van der Waals surface area contributed by atoms with E-state index < -0.39 is 26.6 Å². The van der Waals surface area contributed by atoms with Crippen LogP contribution in [0.5, 0.6) is 0 Å². The van der Waals surface area contributed by atoms with Crippen LogP contribution in [0.2, 0.25) is 0 Å². The minimum atomic E-state index is -4.71. The lowest BCUT2D eigenvalue weighted by molar-refractivity contribution is -0.870. The van der Waals surface area contributed by atoms with Crippen molar-refractivity contribution in [2.75, 3.05) is 40.9 Å². The first-order chi connectivity index (χ1) is 37.9. The molecule has 78 heavy (non-hydrogen) atoms. The van der Waals surface area contributed by atoms with Gasteiger partial charge >= 0.3 is 5.97 Å². The van der Waals surface area contributed by atoms with Crippen LogP contribution in [0.25, 0.3) is 0 Å². The Morgan fingerprint density at radius 3 is 1.26 bits per heavy atom. The molecule has 0 aromatic heterocycles. The number of hydrogen-bond donors (Lipinski definition) is 1. The summed E-state index contributed by atoms with van der Waals surface area (Å²) in [6, 6.07) is -0.898. The van der Waals surface area contributed by atoms with E-state index >= 15 is 0 Å². The molecule has 0 aliphatic heterocycles. The lowest BCUT2D eigenvalue weighted by atomic mass is 10.0. The molecule has 0 aliphatic carbocycles. The second-order valence-electron chi connectivity index (χ2n) is 23.2. The topological polar surface area (TPSA) is 114 Å². The number of phosphoric ester groups is 1. The van der Waals surface area contributed by atoms with Gasteiger partial charge in [0.05, 0.1) is 33.8 Å². The Morgan fingerprint density at radius 1 is 0.462 bits per heavy atom. The lowest BCUT2D eigenvalue weighted by Gasteiger charge is -2.30.